The van der Waals surface area contributed by atoms with E-state index in [1.165, 1.54) is 22.9 Å². The summed E-state index contributed by atoms with van der Waals surface area (Å²) in [6.45, 7) is -0.421. The van der Waals surface area contributed by atoms with Crippen LogP contribution < -0.4 is 5.32 Å². The highest BCUT2D eigenvalue weighted by Gasteiger charge is 2.17. The van der Waals surface area contributed by atoms with Gasteiger partial charge in [0.05, 0.1) is 10.7 Å². The third-order valence-electron chi connectivity index (χ3n) is 2.61. The topological polar surface area (TPSA) is 71.3 Å². The largest absolute Gasteiger partial charge is 0.480 e. The van der Waals surface area contributed by atoms with Crippen molar-refractivity contribution in [3.05, 3.63) is 52.8 Å². The number of anilines is 1. The Morgan fingerprint density at radius 2 is 2.05 bits per heavy atom. The first-order valence-electron chi connectivity index (χ1n) is 5.71. The Kier molecular flexibility index (Phi) is 4.23. The van der Waals surface area contributed by atoms with Crippen LogP contribution in [0.25, 0.3) is 0 Å². The molecular weight excluding hydrogens is 306 g/mol. The second-order valence-corrected chi connectivity index (χ2v) is 4.52. The van der Waals surface area contributed by atoms with Gasteiger partial charge in [0, 0.05) is 12.3 Å². The molecule has 0 saturated carbocycles. The maximum absolute atomic E-state index is 13.6. The van der Waals surface area contributed by atoms with E-state index in [4.69, 9.17) is 16.7 Å². The molecular formula is C13H9ClF2N2O3. The van der Waals surface area contributed by atoms with Crippen LogP contribution in [0.5, 0.6) is 0 Å². The number of hydrogen-bond acceptors (Lipinski definition) is 2. The lowest BCUT2D eigenvalue weighted by molar-refractivity contribution is -0.137. The molecule has 21 heavy (non-hydrogen) atoms. The van der Waals surface area contributed by atoms with E-state index in [-0.39, 0.29) is 16.4 Å². The van der Waals surface area contributed by atoms with E-state index < -0.39 is 30.1 Å². The summed E-state index contributed by atoms with van der Waals surface area (Å²) in [4.78, 5) is 22.7. The first kappa shape index (κ1) is 15.0. The van der Waals surface area contributed by atoms with Gasteiger partial charge >= 0.3 is 5.97 Å². The number of halogens is 3. The van der Waals surface area contributed by atoms with E-state index >= 15 is 0 Å². The average molecular weight is 315 g/mol. The van der Waals surface area contributed by atoms with E-state index in [9.17, 15) is 18.4 Å². The van der Waals surface area contributed by atoms with Gasteiger partial charge in [-0.3, -0.25) is 9.59 Å². The summed E-state index contributed by atoms with van der Waals surface area (Å²) in [6, 6.07) is 4.28. The van der Waals surface area contributed by atoms with Gasteiger partial charge in [-0.1, -0.05) is 11.6 Å². The predicted octanol–water partition coefficient (Wildman–Crippen LogP) is 2.76. The van der Waals surface area contributed by atoms with Crippen molar-refractivity contribution in [2.45, 2.75) is 6.54 Å². The number of nitrogens with one attached hydrogen (secondary N) is 1. The monoisotopic (exact) mass is 314 g/mol. The lowest BCUT2D eigenvalue weighted by atomic mass is 10.2. The van der Waals surface area contributed by atoms with Crippen LogP contribution in [0.2, 0.25) is 5.02 Å². The Labute approximate surface area is 122 Å². The molecule has 110 valence electrons. The highest BCUT2D eigenvalue weighted by Crippen LogP contribution is 2.26. The summed E-state index contributed by atoms with van der Waals surface area (Å²) in [5.41, 5.74) is -0.358. The van der Waals surface area contributed by atoms with E-state index in [1.807, 2.05) is 0 Å². The van der Waals surface area contributed by atoms with Crippen molar-refractivity contribution in [1.82, 2.24) is 4.57 Å². The average Bonchev–Trinajstić information content (AvgIpc) is 2.80. The Morgan fingerprint density at radius 3 is 2.67 bits per heavy atom. The molecule has 1 aromatic carbocycles. The van der Waals surface area contributed by atoms with Gasteiger partial charge in [0.2, 0.25) is 0 Å². The highest BCUT2D eigenvalue weighted by atomic mass is 35.5. The van der Waals surface area contributed by atoms with Crippen molar-refractivity contribution < 1.29 is 23.5 Å². The van der Waals surface area contributed by atoms with E-state index in [1.54, 1.807) is 0 Å². The third-order valence-corrected chi connectivity index (χ3v) is 2.91. The summed E-state index contributed by atoms with van der Waals surface area (Å²) in [5.74, 6) is -3.78. The van der Waals surface area contributed by atoms with Gasteiger partial charge in [0.25, 0.3) is 5.91 Å². The molecule has 0 fully saturated rings. The number of carboxylic acids is 1. The van der Waals surface area contributed by atoms with Gasteiger partial charge in [-0.25, -0.2) is 8.78 Å². The maximum atomic E-state index is 13.6. The Hall–Kier alpha value is -2.41. The molecule has 0 aliphatic heterocycles. The molecule has 5 nitrogen and oxygen atoms in total. The molecule has 0 aliphatic rings. The fourth-order valence-electron chi connectivity index (χ4n) is 1.74. The van der Waals surface area contributed by atoms with Crippen molar-refractivity contribution in [3.63, 3.8) is 0 Å². The Morgan fingerprint density at radius 1 is 1.33 bits per heavy atom. The number of benzene rings is 1. The van der Waals surface area contributed by atoms with Crippen LogP contribution >= 0.6 is 11.6 Å². The minimum absolute atomic E-state index is 0.0113. The SMILES string of the molecule is O=C(O)Cn1cccc1C(=O)Nc1c(F)cc(F)cc1Cl. The summed E-state index contributed by atoms with van der Waals surface area (Å²) >= 11 is 5.67. The number of carboxylic acid groups (broad SMARTS) is 1. The first-order valence-corrected chi connectivity index (χ1v) is 6.09. The van der Waals surface area contributed by atoms with Gasteiger partial charge in [-0.15, -0.1) is 0 Å². The second kappa shape index (κ2) is 5.92. The number of hydrogen-bond donors (Lipinski definition) is 2. The standard InChI is InChI=1S/C13H9ClF2N2O3/c14-8-4-7(15)5-9(16)12(8)17-13(21)10-2-1-3-18(10)6-11(19)20/h1-5H,6H2,(H,17,21)(H,19,20). The quantitative estimate of drug-likeness (QED) is 0.911. The fraction of sp³-hybridized carbons (Fsp3) is 0.0769. The number of carbonyl (C=O) groups is 2. The number of aliphatic carboxylic acids is 1. The predicted molar refractivity (Wildman–Crippen MR) is 71.4 cm³/mol. The molecule has 0 aliphatic carbocycles. The third kappa shape index (κ3) is 3.38. The lowest BCUT2D eigenvalue weighted by Gasteiger charge is -2.10. The van der Waals surface area contributed by atoms with Gasteiger partial charge in [0.1, 0.15) is 18.1 Å². The Balaban J connectivity index is 2.27. The van der Waals surface area contributed by atoms with Crippen LogP contribution in [0.3, 0.4) is 0 Å². The lowest BCUT2D eigenvalue weighted by Crippen LogP contribution is -2.20. The van der Waals surface area contributed by atoms with Crippen LogP contribution in [0.4, 0.5) is 14.5 Å². The zero-order valence-corrected chi connectivity index (χ0v) is 11.2. The van der Waals surface area contributed by atoms with Crippen LogP contribution in [0.1, 0.15) is 10.5 Å². The number of rotatable bonds is 4. The summed E-state index contributed by atoms with van der Waals surface area (Å²) < 4.78 is 27.7. The van der Waals surface area contributed by atoms with E-state index in [0.29, 0.717) is 6.07 Å². The Bertz CT molecular complexity index is 692. The summed E-state index contributed by atoms with van der Waals surface area (Å²) in [5, 5.41) is 10.6. The zero-order valence-electron chi connectivity index (χ0n) is 10.4. The second-order valence-electron chi connectivity index (χ2n) is 4.11. The molecule has 0 saturated heterocycles. The molecule has 0 unspecified atom stereocenters. The number of nitrogens with zero attached hydrogens (tertiary/aromatic N) is 1. The molecule has 0 bridgehead atoms. The van der Waals surface area contributed by atoms with Crippen molar-refractivity contribution in [2.24, 2.45) is 0 Å². The molecule has 1 amide bonds. The first-order chi connectivity index (χ1) is 9.88. The fourth-order valence-corrected chi connectivity index (χ4v) is 1.98. The van der Waals surface area contributed by atoms with Crippen molar-refractivity contribution in [1.29, 1.82) is 0 Å². The molecule has 0 spiro atoms. The molecule has 2 rings (SSSR count). The van der Waals surface area contributed by atoms with Gasteiger partial charge < -0.3 is 15.0 Å². The van der Waals surface area contributed by atoms with Crippen LogP contribution in [0.15, 0.2) is 30.5 Å². The molecule has 2 aromatic rings. The molecule has 1 aromatic heterocycles. The normalized spacial score (nSPS) is 10.4. The van der Waals surface area contributed by atoms with E-state index in [2.05, 4.69) is 5.32 Å². The molecule has 1 heterocycles. The zero-order chi connectivity index (χ0) is 15.6. The van der Waals surface area contributed by atoms with Gasteiger partial charge in [-0.05, 0) is 18.2 Å². The molecule has 2 N–H and O–H groups in total. The molecule has 0 radical (unpaired) electrons. The van der Waals surface area contributed by atoms with E-state index in [0.717, 1.165) is 6.07 Å². The highest BCUT2D eigenvalue weighted by molar-refractivity contribution is 6.34. The van der Waals surface area contributed by atoms with Crippen molar-refractivity contribution in [2.75, 3.05) is 5.32 Å². The maximum Gasteiger partial charge on any atom is 0.323 e. The summed E-state index contributed by atoms with van der Waals surface area (Å²) in [6.07, 6.45) is 1.39. The number of amides is 1. The smallest absolute Gasteiger partial charge is 0.323 e. The van der Waals surface area contributed by atoms with Gasteiger partial charge in [0.15, 0.2) is 5.82 Å². The molecule has 0 atom stereocenters. The number of aromatic nitrogens is 1. The molecule has 8 heteroatoms. The van der Waals surface area contributed by atoms with Crippen LogP contribution in [-0.4, -0.2) is 21.6 Å². The minimum atomic E-state index is -1.13. The van der Waals surface area contributed by atoms with Crippen molar-refractivity contribution in [3.8, 4) is 0 Å². The van der Waals surface area contributed by atoms with Gasteiger partial charge in [-0.2, -0.15) is 0 Å². The van der Waals surface area contributed by atoms with Crippen molar-refractivity contribution >= 4 is 29.2 Å². The summed E-state index contributed by atoms with van der Waals surface area (Å²) in [7, 11) is 0. The van der Waals surface area contributed by atoms with Crippen LogP contribution in [-0.2, 0) is 11.3 Å². The minimum Gasteiger partial charge on any atom is -0.480 e. The number of carbonyl (C=O) groups excluding carboxylic acids is 1. The van der Waals surface area contributed by atoms with Crippen LogP contribution in [0, 0.1) is 11.6 Å².